The Balaban J connectivity index is 1.68. The van der Waals surface area contributed by atoms with E-state index < -0.39 is 24.5 Å². The minimum Gasteiger partial charge on any atom is -0.394 e. The zero-order valence-corrected chi connectivity index (χ0v) is 13.6. The van der Waals surface area contributed by atoms with Crippen molar-refractivity contribution < 1.29 is 20.1 Å². The Morgan fingerprint density at radius 2 is 1.92 bits per heavy atom. The molecule has 7 nitrogen and oxygen atoms in total. The number of hydrogen-bond acceptors (Lipinski definition) is 6. The lowest BCUT2D eigenvalue weighted by atomic mass is 10.0. The van der Waals surface area contributed by atoms with Crippen LogP contribution in [0.4, 0.5) is 0 Å². The van der Waals surface area contributed by atoms with Crippen molar-refractivity contribution in [2.75, 3.05) is 6.61 Å². The number of nitrogens with zero attached hydrogens (tertiary/aromatic N) is 3. The number of aromatic nitrogens is 3. The average molecular weight is 333 g/mol. The van der Waals surface area contributed by atoms with E-state index in [1.807, 2.05) is 0 Å². The third-order valence-corrected chi connectivity index (χ3v) is 4.40. The first-order valence-corrected chi connectivity index (χ1v) is 8.21. The molecule has 130 valence electrons. The number of hydrogen-bond donors (Lipinski definition) is 3. The second-order valence-corrected chi connectivity index (χ2v) is 6.14. The highest BCUT2D eigenvalue weighted by Crippen LogP contribution is 2.27. The first kappa shape index (κ1) is 17.0. The van der Waals surface area contributed by atoms with Crippen LogP contribution in [0.3, 0.4) is 0 Å². The SMILES string of the molecule is CCc1ccc(Cc2cn([C@H]3C[C@@H](O)[C@H](O)[C@@H](CO)O3)nn2)cc1. The molecule has 24 heavy (non-hydrogen) atoms. The number of aliphatic hydroxyl groups is 3. The summed E-state index contributed by atoms with van der Waals surface area (Å²) in [6.45, 7) is 1.76. The van der Waals surface area contributed by atoms with Crippen LogP contribution in [0, 0.1) is 0 Å². The van der Waals surface area contributed by atoms with Crippen LogP contribution >= 0.6 is 0 Å². The van der Waals surface area contributed by atoms with Gasteiger partial charge in [-0.25, -0.2) is 4.68 Å². The van der Waals surface area contributed by atoms with Gasteiger partial charge in [-0.2, -0.15) is 0 Å². The number of rotatable bonds is 5. The molecule has 3 N–H and O–H groups in total. The van der Waals surface area contributed by atoms with E-state index in [4.69, 9.17) is 4.74 Å². The van der Waals surface area contributed by atoms with Crippen LogP contribution in [-0.2, 0) is 17.6 Å². The number of aryl methyl sites for hydroxylation is 1. The molecule has 2 heterocycles. The molecule has 1 saturated heterocycles. The maximum Gasteiger partial charge on any atom is 0.155 e. The van der Waals surface area contributed by atoms with Gasteiger partial charge in [0.15, 0.2) is 6.23 Å². The maximum absolute atomic E-state index is 9.90. The average Bonchev–Trinajstić information content (AvgIpc) is 3.06. The molecule has 3 rings (SSSR count). The molecule has 1 aromatic carbocycles. The Kier molecular flexibility index (Phi) is 5.25. The minimum absolute atomic E-state index is 0.200. The Hall–Kier alpha value is -1.80. The largest absolute Gasteiger partial charge is 0.394 e. The predicted octanol–water partition coefficient (Wildman–Crippen LogP) is 0.433. The molecule has 0 unspecified atom stereocenters. The van der Waals surface area contributed by atoms with E-state index in [0.29, 0.717) is 6.42 Å². The molecule has 1 fully saturated rings. The van der Waals surface area contributed by atoms with Crippen LogP contribution in [0.15, 0.2) is 30.5 Å². The van der Waals surface area contributed by atoms with E-state index in [0.717, 1.165) is 17.7 Å². The fraction of sp³-hybridized carbons (Fsp3) is 0.529. The summed E-state index contributed by atoms with van der Waals surface area (Å²) in [5.41, 5.74) is 3.23. The van der Waals surface area contributed by atoms with Crippen LogP contribution in [0.5, 0.6) is 0 Å². The zero-order chi connectivity index (χ0) is 17.1. The summed E-state index contributed by atoms with van der Waals surface area (Å²) in [5, 5.41) is 37.1. The van der Waals surface area contributed by atoms with Crippen molar-refractivity contribution >= 4 is 0 Å². The lowest BCUT2D eigenvalue weighted by molar-refractivity contribution is -0.204. The van der Waals surface area contributed by atoms with Crippen LogP contribution in [0.2, 0.25) is 0 Å². The normalized spacial score (nSPS) is 27.3. The van der Waals surface area contributed by atoms with Crippen molar-refractivity contribution in [1.82, 2.24) is 15.0 Å². The molecule has 1 aliphatic rings. The smallest absolute Gasteiger partial charge is 0.155 e. The van der Waals surface area contributed by atoms with Crippen molar-refractivity contribution in [3.8, 4) is 0 Å². The van der Waals surface area contributed by atoms with E-state index in [2.05, 4.69) is 41.5 Å². The molecule has 4 atom stereocenters. The van der Waals surface area contributed by atoms with Crippen LogP contribution in [-0.4, -0.2) is 55.2 Å². The predicted molar refractivity (Wildman–Crippen MR) is 86.3 cm³/mol. The highest BCUT2D eigenvalue weighted by atomic mass is 16.5. The molecule has 1 aromatic heterocycles. The summed E-state index contributed by atoms with van der Waals surface area (Å²) in [5.74, 6) is 0. The standard InChI is InChI=1S/C17H23N3O4/c1-2-11-3-5-12(6-4-11)7-13-9-20(19-18-13)16-8-14(22)17(23)15(10-21)24-16/h3-6,9,14-17,21-23H,2,7-8,10H2,1H3/t14-,15-,16-,17+/m1/s1. The topological polar surface area (TPSA) is 101 Å². The second-order valence-electron chi connectivity index (χ2n) is 6.14. The summed E-state index contributed by atoms with van der Waals surface area (Å²) in [6.07, 6.45) is 0.211. The van der Waals surface area contributed by atoms with Gasteiger partial charge in [0, 0.05) is 12.8 Å². The van der Waals surface area contributed by atoms with Gasteiger partial charge in [0.2, 0.25) is 0 Å². The van der Waals surface area contributed by atoms with Crippen LogP contribution in [0.1, 0.15) is 36.4 Å². The number of ether oxygens (including phenoxy) is 1. The molecule has 0 amide bonds. The van der Waals surface area contributed by atoms with E-state index in [-0.39, 0.29) is 13.0 Å². The molecule has 0 radical (unpaired) electrons. The Labute approximate surface area is 140 Å². The van der Waals surface area contributed by atoms with Gasteiger partial charge in [0.05, 0.1) is 24.6 Å². The third kappa shape index (κ3) is 3.64. The van der Waals surface area contributed by atoms with Gasteiger partial charge in [-0.05, 0) is 17.5 Å². The lowest BCUT2D eigenvalue weighted by Crippen LogP contribution is -2.48. The molecule has 1 aliphatic heterocycles. The van der Waals surface area contributed by atoms with Gasteiger partial charge in [-0.3, -0.25) is 0 Å². The Bertz CT molecular complexity index is 658. The van der Waals surface area contributed by atoms with Crippen molar-refractivity contribution in [2.45, 2.75) is 50.7 Å². The summed E-state index contributed by atoms with van der Waals surface area (Å²) in [7, 11) is 0. The van der Waals surface area contributed by atoms with Gasteiger partial charge in [-0.1, -0.05) is 36.4 Å². The first-order chi connectivity index (χ1) is 11.6. The van der Waals surface area contributed by atoms with E-state index in [1.54, 1.807) is 6.20 Å². The lowest BCUT2D eigenvalue weighted by Gasteiger charge is -2.35. The van der Waals surface area contributed by atoms with Crippen LogP contribution in [0.25, 0.3) is 0 Å². The Morgan fingerprint density at radius 3 is 2.58 bits per heavy atom. The molecule has 0 aliphatic carbocycles. The molecule has 0 bridgehead atoms. The monoisotopic (exact) mass is 333 g/mol. The Morgan fingerprint density at radius 1 is 1.21 bits per heavy atom. The zero-order valence-electron chi connectivity index (χ0n) is 13.6. The summed E-state index contributed by atoms with van der Waals surface area (Å²) < 4.78 is 7.13. The van der Waals surface area contributed by atoms with Crippen molar-refractivity contribution in [3.63, 3.8) is 0 Å². The molecule has 7 heteroatoms. The molecular formula is C17H23N3O4. The number of benzene rings is 1. The second kappa shape index (κ2) is 7.40. The first-order valence-electron chi connectivity index (χ1n) is 8.21. The van der Waals surface area contributed by atoms with Crippen LogP contribution < -0.4 is 0 Å². The summed E-state index contributed by atoms with van der Waals surface area (Å²) in [4.78, 5) is 0. The highest BCUT2D eigenvalue weighted by molar-refractivity contribution is 5.25. The fourth-order valence-electron chi connectivity index (χ4n) is 2.89. The fourth-order valence-corrected chi connectivity index (χ4v) is 2.89. The van der Waals surface area contributed by atoms with Gasteiger partial charge >= 0.3 is 0 Å². The van der Waals surface area contributed by atoms with E-state index in [9.17, 15) is 15.3 Å². The molecule has 0 spiro atoms. The number of aliphatic hydroxyl groups excluding tert-OH is 3. The third-order valence-electron chi connectivity index (χ3n) is 4.40. The van der Waals surface area contributed by atoms with Gasteiger partial charge in [-0.15, -0.1) is 5.10 Å². The maximum atomic E-state index is 9.90. The van der Waals surface area contributed by atoms with Gasteiger partial charge < -0.3 is 20.1 Å². The van der Waals surface area contributed by atoms with E-state index in [1.165, 1.54) is 10.2 Å². The van der Waals surface area contributed by atoms with Crippen molar-refractivity contribution in [2.24, 2.45) is 0 Å². The quantitative estimate of drug-likeness (QED) is 0.734. The molecule has 2 aromatic rings. The molecular weight excluding hydrogens is 310 g/mol. The van der Waals surface area contributed by atoms with Crippen molar-refractivity contribution in [1.29, 1.82) is 0 Å². The van der Waals surface area contributed by atoms with E-state index >= 15 is 0 Å². The summed E-state index contributed by atoms with van der Waals surface area (Å²) in [6, 6.07) is 8.37. The molecule has 0 saturated carbocycles. The van der Waals surface area contributed by atoms with Crippen molar-refractivity contribution in [3.05, 3.63) is 47.3 Å². The summed E-state index contributed by atoms with van der Waals surface area (Å²) >= 11 is 0. The minimum atomic E-state index is -1.09. The van der Waals surface area contributed by atoms with Gasteiger partial charge in [0.25, 0.3) is 0 Å². The van der Waals surface area contributed by atoms with Gasteiger partial charge in [0.1, 0.15) is 12.2 Å². The highest BCUT2D eigenvalue weighted by Gasteiger charge is 2.37.